The fraction of sp³-hybridized carbons (Fsp3) is 0.528. The fourth-order valence-electron chi connectivity index (χ4n) is 4.77. The van der Waals surface area contributed by atoms with Gasteiger partial charge in [-0.2, -0.15) is 0 Å². The summed E-state index contributed by atoms with van der Waals surface area (Å²) < 4.78 is -1.50. The van der Waals surface area contributed by atoms with Crippen LogP contribution in [0, 0.1) is 6.92 Å². The zero-order chi connectivity index (χ0) is 36.6. The number of benzene rings is 2. The average Bonchev–Trinajstić information content (AvgIpc) is 3.34. The SMILES string of the molecule is CC(=Nc1c(C(C)C)cccc1C(C)C)c1n[n-]c(C(C)=Nc2c(C(C)C)cccc2C(C)C)c1C.CCO.ClC(Cl)Cl.ClC(Cl)Cl.O.O.[Cl-].[Cl-].[Cl-].[Co+2].[Co+2]. The molecule has 1 heterocycles. The third-order valence-electron chi connectivity index (χ3n) is 6.89. The molecular formula is C36H55Cl9Co2N4O3. The second-order valence-corrected chi connectivity index (χ2v) is 15.9. The molecule has 0 unspecified atom stereocenters. The number of halogens is 9. The Hall–Kier alpha value is 0.493. The molecular weight excluding hydrogens is 973 g/mol. The first-order valence-electron chi connectivity index (χ1n) is 15.6. The Kier molecular flexibility index (Phi) is 50.4. The summed E-state index contributed by atoms with van der Waals surface area (Å²) in [4.78, 5) is 10.3. The Morgan fingerprint density at radius 3 is 1.11 bits per heavy atom. The topological polar surface area (TPSA) is 135 Å². The van der Waals surface area contributed by atoms with Crippen LogP contribution in [-0.2, 0) is 33.6 Å². The quantitative estimate of drug-likeness (QED) is 0.275. The van der Waals surface area contributed by atoms with E-state index in [0.717, 1.165) is 39.7 Å². The van der Waals surface area contributed by atoms with Gasteiger partial charge in [0.25, 0.3) is 0 Å². The molecule has 0 spiro atoms. The van der Waals surface area contributed by atoms with Crippen molar-refractivity contribution in [2.75, 3.05) is 6.61 Å². The number of rotatable bonds is 8. The van der Waals surface area contributed by atoms with Gasteiger partial charge in [0.15, 0.2) is 8.59 Å². The van der Waals surface area contributed by atoms with Crippen molar-refractivity contribution in [3.05, 3.63) is 75.6 Å². The van der Waals surface area contributed by atoms with E-state index in [4.69, 9.17) is 84.7 Å². The first kappa shape index (κ1) is 72.1. The Labute approximate surface area is 393 Å². The van der Waals surface area contributed by atoms with Crippen LogP contribution in [0.2, 0.25) is 0 Å². The smallest absolute Gasteiger partial charge is 1.00 e. The fourth-order valence-corrected chi connectivity index (χ4v) is 4.77. The van der Waals surface area contributed by atoms with Crippen LogP contribution >= 0.6 is 69.6 Å². The Balaban J connectivity index is -0.000000174. The summed E-state index contributed by atoms with van der Waals surface area (Å²) in [6.07, 6.45) is 0. The number of para-hydroxylation sites is 2. The number of alkyl halides is 6. The molecule has 0 amide bonds. The summed E-state index contributed by atoms with van der Waals surface area (Å²) in [7, 11) is 0. The van der Waals surface area contributed by atoms with Crippen molar-refractivity contribution >= 4 is 92.4 Å². The van der Waals surface area contributed by atoms with E-state index in [1.165, 1.54) is 22.3 Å². The molecule has 0 atom stereocenters. The van der Waals surface area contributed by atoms with Crippen LogP contribution < -0.4 is 42.3 Å². The van der Waals surface area contributed by atoms with Gasteiger partial charge in [-0.15, -0.1) is 0 Å². The first-order chi connectivity index (χ1) is 21.8. The number of hydrogen-bond acceptors (Lipinski definition) is 4. The number of aliphatic hydroxyl groups excluding tert-OH is 1. The van der Waals surface area contributed by atoms with E-state index in [1.54, 1.807) is 6.92 Å². The molecule has 18 heteroatoms. The number of hydrogen-bond donors (Lipinski definition) is 1. The molecule has 3 aromatic rings. The minimum atomic E-state index is -0.750. The first-order valence-corrected chi connectivity index (χ1v) is 18.3. The molecule has 318 valence electrons. The zero-order valence-corrected chi connectivity index (χ0v) is 41.3. The van der Waals surface area contributed by atoms with Crippen LogP contribution in [0.25, 0.3) is 0 Å². The van der Waals surface area contributed by atoms with E-state index < -0.39 is 8.59 Å². The molecule has 1 aromatic heterocycles. The Morgan fingerprint density at radius 2 is 0.870 bits per heavy atom. The second-order valence-electron chi connectivity index (χ2n) is 11.9. The summed E-state index contributed by atoms with van der Waals surface area (Å²) in [5.41, 5.74) is 11.7. The van der Waals surface area contributed by atoms with Crippen molar-refractivity contribution in [3.8, 4) is 0 Å². The molecule has 0 saturated heterocycles. The minimum absolute atomic E-state index is 0. The van der Waals surface area contributed by atoms with E-state index in [1.807, 2.05) is 13.8 Å². The molecule has 0 bridgehead atoms. The Morgan fingerprint density at radius 1 is 0.630 bits per heavy atom. The molecule has 0 aliphatic heterocycles. The number of aliphatic imine (C=N–C) groups is 2. The van der Waals surface area contributed by atoms with Crippen molar-refractivity contribution < 1.29 is 86.8 Å². The molecule has 3 rings (SSSR count). The van der Waals surface area contributed by atoms with E-state index in [2.05, 4.69) is 109 Å². The molecule has 7 nitrogen and oxygen atoms in total. The molecule has 2 aromatic carbocycles. The number of aliphatic hydroxyl groups is 1. The van der Waals surface area contributed by atoms with E-state index in [0.29, 0.717) is 23.7 Å². The van der Waals surface area contributed by atoms with Crippen LogP contribution in [0.15, 0.2) is 46.4 Å². The van der Waals surface area contributed by atoms with Gasteiger partial charge in [0.1, 0.15) is 0 Å². The van der Waals surface area contributed by atoms with Gasteiger partial charge in [-0.1, -0.05) is 167 Å². The van der Waals surface area contributed by atoms with E-state index in [9.17, 15) is 0 Å². The summed E-state index contributed by atoms with van der Waals surface area (Å²) in [6, 6.07) is 13.0. The maximum absolute atomic E-state index is 7.57. The zero-order valence-electron chi connectivity index (χ0n) is 32.4. The molecule has 2 radical (unpaired) electrons. The monoisotopic (exact) mass is 1020 g/mol. The number of aromatic nitrogens is 2. The van der Waals surface area contributed by atoms with Crippen molar-refractivity contribution in [1.82, 2.24) is 10.2 Å². The Bertz CT molecular complexity index is 1280. The predicted octanol–water partition coefficient (Wildman–Crippen LogP) is 2.45. The maximum atomic E-state index is 7.57. The third kappa shape index (κ3) is 25.8. The van der Waals surface area contributed by atoms with E-state index >= 15 is 0 Å². The van der Waals surface area contributed by atoms with Gasteiger partial charge in [-0.3, -0.25) is 9.98 Å². The summed E-state index contributed by atoms with van der Waals surface area (Å²) in [6.45, 7) is 25.9. The standard InChI is InChI=1S/C32H43N4.C2H6O.2CHCl3.3ClH.2Co.2H2O/c1-18(2)25-14-12-15-26(19(3)4)31(25)33-23(10)29-22(9)30(36-35-29)24(11)34-32-27(20(5)6)16-13-17-28(32)21(7)8;1-2-3;2*2-1(3)4;;;;;;;/h12-21H,1-11H3;3H,2H2,1H3;2*1H;3*1H;;;2*1H2/q-1;;;;;;;2*+2;;/p-3. The molecule has 0 saturated carbocycles. The van der Waals surface area contributed by atoms with Crippen LogP contribution in [0.3, 0.4) is 0 Å². The number of nitrogens with zero attached hydrogens (tertiary/aromatic N) is 4. The van der Waals surface area contributed by atoms with Gasteiger partial charge >= 0.3 is 33.6 Å². The third-order valence-corrected chi connectivity index (χ3v) is 6.89. The van der Waals surface area contributed by atoms with Crippen LogP contribution in [0.1, 0.15) is 139 Å². The summed E-state index contributed by atoms with van der Waals surface area (Å²) >= 11 is 28.8. The summed E-state index contributed by atoms with van der Waals surface area (Å²) in [5, 5.41) is 16.7. The molecule has 54 heavy (non-hydrogen) atoms. The van der Waals surface area contributed by atoms with Gasteiger partial charge in [-0.25, -0.2) is 0 Å². The van der Waals surface area contributed by atoms with Crippen LogP contribution in [0.5, 0.6) is 0 Å². The van der Waals surface area contributed by atoms with Crippen LogP contribution in [-0.4, -0.2) is 47.8 Å². The molecule has 0 aliphatic rings. The largest absolute Gasteiger partial charge is 2.00 e. The minimum Gasteiger partial charge on any atom is -1.00 e. The van der Waals surface area contributed by atoms with Crippen LogP contribution in [0.4, 0.5) is 11.4 Å². The van der Waals surface area contributed by atoms with E-state index in [-0.39, 0.29) is 88.3 Å². The van der Waals surface area contributed by atoms with Crippen molar-refractivity contribution in [2.24, 2.45) is 9.98 Å². The van der Waals surface area contributed by atoms with Crippen molar-refractivity contribution in [3.63, 3.8) is 0 Å². The molecule has 0 fully saturated rings. The van der Waals surface area contributed by atoms with Gasteiger partial charge in [0.05, 0.1) is 22.8 Å². The predicted molar refractivity (Wildman–Crippen MR) is 218 cm³/mol. The molecule has 5 N–H and O–H groups in total. The normalized spacial score (nSPS) is 10.4. The van der Waals surface area contributed by atoms with Gasteiger partial charge < -0.3 is 63.5 Å². The van der Waals surface area contributed by atoms with Crippen molar-refractivity contribution in [2.45, 2.75) is 115 Å². The van der Waals surface area contributed by atoms with Gasteiger partial charge in [0.2, 0.25) is 0 Å². The molecule has 0 aliphatic carbocycles. The van der Waals surface area contributed by atoms with Gasteiger partial charge in [0, 0.05) is 12.3 Å². The second kappa shape index (κ2) is 37.7. The van der Waals surface area contributed by atoms with Gasteiger partial charge in [-0.05, 0) is 79.2 Å². The summed E-state index contributed by atoms with van der Waals surface area (Å²) in [5.74, 6) is 1.57. The maximum Gasteiger partial charge on any atom is 2.00 e. The average molecular weight is 1030 g/mol. The van der Waals surface area contributed by atoms with Crippen molar-refractivity contribution in [1.29, 1.82) is 0 Å².